The van der Waals surface area contributed by atoms with Crippen LogP contribution < -0.4 is 29.0 Å². The van der Waals surface area contributed by atoms with Crippen LogP contribution in [0.3, 0.4) is 0 Å². The number of alkyl carbamates (subject to hydrolysis) is 1. The van der Waals surface area contributed by atoms with Crippen molar-refractivity contribution >= 4 is 12.1 Å². The summed E-state index contributed by atoms with van der Waals surface area (Å²) in [7, 11) is 4.63. The monoisotopic (exact) mass is 511 g/mol. The Morgan fingerprint density at radius 3 is 2.24 bits per heavy atom. The van der Waals surface area contributed by atoms with Gasteiger partial charge in [-0.25, -0.2) is 4.79 Å². The molecule has 196 valence electrons. The van der Waals surface area contributed by atoms with Crippen molar-refractivity contribution in [2.24, 2.45) is 17.8 Å². The molecule has 0 bridgehead atoms. The van der Waals surface area contributed by atoms with Crippen LogP contribution in [0.15, 0.2) is 24.3 Å². The zero-order chi connectivity index (χ0) is 25.7. The number of nitrogens with one attached hydrogen (secondary N) is 1. The van der Waals surface area contributed by atoms with Crippen LogP contribution in [0.5, 0.6) is 28.7 Å². The molecule has 4 aliphatic rings. The van der Waals surface area contributed by atoms with Gasteiger partial charge in [-0.2, -0.15) is 0 Å². The molecule has 1 N–H and O–H groups in total. The molecule has 10 nitrogen and oxygen atoms in total. The predicted molar refractivity (Wildman–Crippen MR) is 128 cm³/mol. The highest BCUT2D eigenvalue weighted by molar-refractivity contribution is 5.79. The van der Waals surface area contributed by atoms with Gasteiger partial charge in [-0.1, -0.05) is 0 Å². The lowest BCUT2D eigenvalue weighted by atomic mass is 9.66. The molecule has 1 saturated carbocycles. The van der Waals surface area contributed by atoms with E-state index in [1.807, 2.05) is 24.3 Å². The van der Waals surface area contributed by atoms with Gasteiger partial charge in [-0.05, 0) is 54.2 Å². The maximum absolute atomic E-state index is 13.2. The molecule has 37 heavy (non-hydrogen) atoms. The van der Waals surface area contributed by atoms with Crippen molar-refractivity contribution in [3.63, 3.8) is 0 Å². The van der Waals surface area contributed by atoms with E-state index in [4.69, 9.17) is 33.2 Å². The molecule has 0 radical (unpaired) electrons. The minimum atomic E-state index is -0.696. The number of carbonyl (C=O) groups excluding carboxylic acids is 2. The second-order valence-electron chi connectivity index (χ2n) is 9.74. The highest BCUT2D eigenvalue weighted by Crippen LogP contribution is 2.56. The first-order valence-corrected chi connectivity index (χ1v) is 12.4. The second kappa shape index (κ2) is 9.24. The number of esters is 1. The third-order valence-electron chi connectivity index (χ3n) is 7.63. The molecule has 2 aliphatic carbocycles. The SMILES string of the molecule is COc1cc([C@@H]2c3cc4c(cc3[C@@H](OC(=O)NCC3CC3)[C@H]3COC(=O)[C@H]23)OCO4)cc(OC)c1OC. The number of hydrogen-bond donors (Lipinski definition) is 1. The maximum atomic E-state index is 13.2. The van der Waals surface area contributed by atoms with E-state index in [1.54, 1.807) is 14.2 Å². The van der Waals surface area contributed by atoms with Gasteiger partial charge in [0.05, 0.1) is 33.9 Å². The van der Waals surface area contributed by atoms with Gasteiger partial charge in [0.25, 0.3) is 0 Å². The molecular formula is C27H29NO9. The zero-order valence-electron chi connectivity index (χ0n) is 20.9. The summed E-state index contributed by atoms with van der Waals surface area (Å²) in [6, 6.07) is 7.39. The Kier molecular flexibility index (Phi) is 5.89. The lowest BCUT2D eigenvalue weighted by Gasteiger charge is -2.38. The molecule has 4 atom stereocenters. The van der Waals surface area contributed by atoms with E-state index in [0.717, 1.165) is 29.5 Å². The van der Waals surface area contributed by atoms with Crippen LogP contribution in [0, 0.1) is 17.8 Å². The van der Waals surface area contributed by atoms with Gasteiger partial charge in [-0.15, -0.1) is 0 Å². The van der Waals surface area contributed by atoms with E-state index < -0.39 is 30.0 Å². The van der Waals surface area contributed by atoms with E-state index in [0.29, 0.717) is 41.2 Å². The van der Waals surface area contributed by atoms with Crippen LogP contribution in [0.4, 0.5) is 4.79 Å². The molecule has 1 amide bonds. The molecule has 2 aromatic rings. The standard InChI is InChI=1S/C27H29NO9/c1-31-20-6-14(7-21(32-2)25(20)33-3)22-15-8-18-19(36-12-35-18)9-16(15)24(17-11-34-26(29)23(17)22)37-27(30)28-10-13-4-5-13/h6-9,13,17,22-24H,4-5,10-12H2,1-3H3,(H,28,30)/t17-,22+,23-,24+/m0/s1. The smallest absolute Gasteiger partial charge is 0.407 e. The van der Waals surface area contributed by atoms with E-state index in [9.17, 15) is 9.59 Å². The summed E-state index contributed by atoms with van der Waals surface area (Å²) in [6.45, 7) is 0.811. The number of amides is 1. The van der Waals surface area contributed by atoms with Crippen molar-refractivity contribution in [3.05, 3.63) is 41.0 Å². The van der Waals surface area contributed by atoms with Crippen LogP contribution in [-0.4, -0.2) is 53.3 Å². The molecule has 0 aromatic heterocycles. The van der Waals surface area contributed by atoms with Gasteiger partial charge in [0.15, 0.2) is 23.0 Å². The van der Waals surface area contributed by atoms with Crippen LogP contribution in [-0.2, 0) is 14.3 Å². The summed E-state index contributed by atoms with van der Waals surface area (Å²) < 4.78 is 39.5. The van der Waals surface area contributed by atoms with Crippen molar-refractivity contribution in [2.45, 2.75) is 24.9 Å². The second-order valence-corrected chi connectivity index (χ2v) is 9.74. The molecule has 2 fully saturated rings. The Bertz CT molecular complexity index is 1220. The summed E-state index contributed by atoms with van der Waals surface area (Å²) in [6.07, 6.45) is 1.02. The number of carbonyl (C=O) groups is 2. The molecule has 0 unspecified atom stereocenters. The topological polar surface area (TPSA) is 111 Å². The Balaban J connectivity index is 1.47. The Labute approximate surface area is 214 Å². The Morgan fingerprint density at radius 1 is 0.946 bits per heavy atom. The third-order valence-corrected chi connectivity index (χ3v) is 7.63. The minimum Gasteiger partial charge on any atom is -0.493 e. The predicted octanol–water partition coefficient (Wildman–Crippen LogP) is 3.55. The van der Waals surface area contributed by atoms with Gasteiger partial charge < -0.3 is 38.5 Å². The lowest BCUT2D eigenvalue weighted by Crippen LogP contribution is -2.38. The van der Waals surface area contributed by atoms with Crippen molar-refractivity contribution < 1.29 is 42.7 Å². The van der Waals surface area contributed by atoms with Crippen molar-refractivity contribution in [3.8, 4) is 28.7 Å². The number of benzene rings is 2. The number of ether oxygens (including phenoxy) is 7. The molecule has 1 saturated heterocycles. The molecule has 2 heterocycles. The van der Waals surface area contributed by atoms with Gasteiger partial charge in [-0.3, -0.25) is 4.79 Å². The Hall–Kier alpha value is -3.82. The van der Waals surface area contributed by atoms with Crippen LogP contribution in [0.1, 0.15) is 41.6 Å². The zero-order valence-corrected chi connectivity index (χ0v) is 20.9. The molecular weight excluding hydrogens is 482 g/mol. The maximum Gasteiger partial charge on any atom is 0.407 e. The highest BCUT2D eigenvalue weighted by Gasteiger charge is 2.54. The number of fused-ring (bicyclic) bond motifs is 3. The lowest BCUT2D eigenvalue weighted by molar-refractivity contribution is -0.141. The number of methoxy groups -OCH3 is 3. The van der Waals surface area contributed by atoms with Crippen molar-refractivity contribution in [2.75, 3.05) is 41.3 Å². The fraction of sp³-hybridized carbons (Fsp3) is 0.481. The summed E-state index contributed by atoms with van der Waals surface area (Å²) in [5.74, 6) is 1.26. The van der Waals surface area contributed by atoms with Gasteiger partial charge in [0.2, 0.25) is 12.5 Å². The molecule has 2 aliphatic heterocycles. The van der Waals surface area contributed by atoms with Crippen LogP contribution in [0.2, 0.25) is 0 Å². The summed E-state index contributed by atoms with van der Waals surface area (Å²) in [5, 5.41) is 2.86. The summed E-state index contributed by atoms with van der Waals surface area (Å²) in [5.41, 5.74) is 2.32. The van der Waals surface area contributed by atoms with Gasteiger partial charge >= 0.3 is 12.1 Å². The normalized spacial score (nSPS) is 25.0. The number of hydrogen-bond acceptors (Lipinski definition) is 9. The number of rotatable bonds is 7. The fourth-order valence-electron chi connectivity index (χ4n) is 5.65. The third kappa shape index (κ3) is 4.04. The van der Waals surface area contributed by atoms with Crippen molar-refractivity contribution in [1.29, 1.82) is 0 Å². The van der Waals surface area contributed by atoms with E-state index in [2.05, 4.69) is 5.32 Å². The first-order chi connectivity index (χ1) is 18.0. The Morgan fingerprint density at radius 2 is 1.62 bits per heavy atom. The van der Waals surface area contributed by atoms with Crippen LogP contribution >= 0.6 is 0 Å². The average molecular weight is 512 g/mol. The first kappa shape index (κ1) is 23.6. The van der Waals surface area contributed by atoms with Gasteiger partial charge in [0.1, 0.15) is 6.10 Å². The molecule has 6 rings (SSSR count). The van der Waals surface area contributed by atoms with Crippen molar-refractivity contribution in [1.82, 2.24) is 5.32 Å². The number of cyclic esters (lactones) is 1. The average Bonchev–Trinajstić information content (AvgIpc) is 3.51. The summed E-state index contributed by atoms with van der Waals surface area (Å²) >= 11 is 0. The fourth-order valence-corrected chi connectivity index (χ4v) is 5.65. The summed E-state index contributed by atoms with van der Waals surface area (Å²) in [4.78, 5) is 26.0. The quantitative estimate of drug-likeness (QED) is 0.558. The molecule has 2 aromatic carbocycles. The van der Waals surface area contributed by atoms with E-state index in [-0.39, 0.29) is 19.4 Å². The first-order valence-electron chi connectivity index (χ1n) is 12.4. The van der Waals surface area contributed by atoms with Gasteiger partial charge in [0, 0.05) is 23.9 Å². The highest BCUT2D eigenvalue weighted by atomic mass is 16.7. The van der Waals surface area contributed by atoms with E-state index >= 15 is 0 Å². The minimum absolute atomic E-state index is 0.0926. The van der Waals surface area contributed by atoms with Crippen LogP contribution in [0.25, 0.3) is 0 Å². The largest absolute Gasteiger partial charge is 0.493 e. The molecule has 10 heteroatoms. The molecule has 0 spiro atoms. The van der Waals surface area contributed by atoms with E-state index in [1.165, 1.54) is 7.11 Å².